The molecule has 0 saturated carbocycles. The van der Waals surface area contributed by atoms with E-state index in [1.165, 1.54) is 4.68 Å². The van der Waals surface area contributed by atoms with Gasteiger partial charge in [-0.15, -0.1) is 15.3 Å². The van der Waals surface area contributed by atoms with E-state index in [1.807, 2.05) is 0 Å². The van der Waals surface area contributed by atoms with Gasteiger partial charge in [-0.3, -0.25) is 0 Å². The van der Waals surface area contributed by atoms with Gasteiger partial charge in [-0.05, 0) is 6.92 Å². The first-order chi connectivity index (χ1) is 9.15. The van der Waals surface area contributed by atoms with Crippen LogP contribution >= 0.6 is 0 Å². The van der Waals surface area contributed by atoms with Crippen LogP contribution in [-0.4, -0.2) is 37.8 Å². The van der Waals surface area contributed by atoms with E-state index in [1.54, 1.807) is 13.8 Å². The fourth-order valence-corrected chi connectivity index (χ4v) is 1.55. The van der Waals surface area contributed by atoms with Crippen molar-refractivity contribution >= 4 is 5.97 Å². The van der Waals surface area contributed by atoms with Crippen LogP contribution in [0.1, 0.15) is 34.9 Å². The molecule has 2 heterocycles. The van der Waals surface area contributed by atoms with Gasteiger partial charge >= 0.3 is 5.97 Å². The molecule has 19 heavy (non-hydrogen) atoms. The third kappa shape index (κ3) is 2.76. The van der Waals surface area contributed by atoms with Crippen LogP contribution in [0.5, 0.6) is 0 Å². The van der Waals surface area contributed by atoms with Crippen molar-refractivity contribution in [2.45, 2.75) is 26.9 Å². The molecule has 2 aromatic rings. The minimum Gasteiger partial charge on any atom is -0.461 e. The number of rotatable bonds is 5. The SMILES string of the molecule is CCOC(=O)c1nnn(Cc2nnc(C)o2)c1CN. The number of hydrogen-bond acceptors (Lipinski definition) is 8. The van der Waals surface area contributed by atoms with Gasteiger partial charge in [0.25, 0.3) is 0 Å². The number of nitrogens with zero attached hydrogens (tertiary/aromatic N) is 5. The molecule has 0 aliphatic rings. The van der Waals surface area contributed by atoms with E-state index in [9.17, 15) is 4.79 Å². The summed E-state index contributed by atoms with van der Waals surface area (Å²) in [5, 5.41) is 15.2. The number of carbonyl (C=O) groups excluding carboxylic acids is 1. The quantitative estimate of drug-likeness (QED) is 0.729. The molecule has 0 radical (unpaired) electrons. The molecule has 0 saturated heterocycles. The summed E-state index contributed by atoms with van der Waals surface area (Å²) in [5.74, 6) is 0.276. The average molecular weight is 266 g/mol. The van der Waals surface area contributed by atoms with Crippen molar-refractivity contribution < 1.29 is 13.9 Å². The lowest BCUT2D eigenvalue weighted by Crippen LogP contribution is -2.15. The van der Waals surface area contributed by atoms with Crippen molar-refractivity contribution in [3.63, 3.8) is 0 Å². The summed E-state index contributed by atoms with van der Waals surface area (Å²) in [5.41, 5.74) is 6.19. The van der Waals surface area contributed by atoms with E-state index in [4.69, 9.17) is 14.9 Å². The van der Waals surface area contributed by atoms with Crippen LogP contribution in [-0.2, 0) is 17.8 Å². The first-order valence-electron chi connectivity index (χ1n) is 5.74. The van der Waals surface area contributed by atoms with Crippen LogP contribution in [0.3, 0.4) is 0 Å². The number of hydrogen-bond donors (Lipinski definition) is 1. The Labute approximate surface area is 108 Å². The number of aryl methyl sites for hydroxylation is 1. The lowest BCUT2D eigenvalue weighted by atomic mass is 10.3. The molecule has 0 fully saturated rings. The van der Waals surface area contributed by atoms with Crippen molar-refractivity contribution in [2.24, 2.45) is 5.73 Å². The van der Waals surface area contributed by atoms with Crippen LogP contribution in [0.25, 0.3) is 0 Å². The van der Waals surface area contributed by atoms with Crippen LogP contribution < -0.4 is 5.73 Å². The van der Waals surface area contributed by atoms with E-state index in [2.05, 4.69) is 20.5 Å². The van der Waals surface area contributed by atoms with Gasteiger partial charge in [-0.25, -0.2) is 9.48 Å². The standard InChI is InChI=1S/C10H14N6O3/c1-3-18-10(17)9-7(4-11)16(15-14-9)5-8-13-12-6(2)19-8/h3-5,11H2,1-2H3. The van der Waals surface area contributed by atoms with Crippen molar-refractivity contribution in [3.05, 3.63) is 23.2 Å². The molecule has 9 heteroatoms. The molecule has 0 aliphatic carbocycles. The zero-order valence-corrected chi connectivity index (χ0v) is 10.7. The predicted molar refractivity (Wildman–Crippen MR) is 62.0 cm³/mol. The second-order valence-electron chi connectivity index (χ2n) is 3.68. The highest BCUT2D eigenvalue weighted by Gasteiger charge is 2.20. The smallest absolute Gasteiger partial charge is 0.360 e. The number of aromatic nitrogens is 5. The molecule has 9 nitrogen and oxygen atoms in total. The fraction of sp³-hybridized carbons (Fsp3) is 0.500. The second-order valence-corrected chi connectivity index (χ2v) is 3.68. The van der Waals surface area contributed by atoms with Gasteiger partial charge in [0.2, 0.25) is 11.8 Å². The zero-order valence-electron chi connectivity index (χ0n) is 10.7. The largest absolute Gasteiger partial charge is 0.461 e. The maximum atomic E-state index is 11.6. The average Bonchev–Trinajstić information content (AvgIpc) is 2.96. The monoisotopic (exact) mass is 266 g/mol. The highest BCUT2D eigenvalue weighted by Crippen LogP contribution is 2.09. The van der Waals surface area contributed by atoms with Crippen LogP contribution in [0.4, 0.5) is 0 Å². The number of esters is 1. The van der Waals surface area contributed by atoms with Gasteiger partial charge in [-0.2, -0.15) is 0 Å². The molecule has 0 unspecified atom stereocenters. The Morgan fingerprint density at radius 1 is 1.42 bits per heavy atom. The maximum absolute atomic E-state index is 11.6. The first kappa shape index (κ1) is 13.1. The van der Waals surface area contributed by atoms with E-state index < -0.39 is 5.97 Å². The van der Waals surface area contributed by atoms with Gasteiger partial charge < -0.3 is 14.9 Å². The number of nitrogens with two attached hydrogens (primary N) is 1. The summed E-state index contributed by atoms with van der Waals surface area (Å²) in [6.07, 6.45) is 0. The number of carbonyl (C=O) groups is 1. The summed E-state index contributed by atoms with van der Waals surface area (Å²) in [4.78, 5) is 11.6. The Kier molecular flexibility index (Phi) is 3.85. The van der Waals surface area contributed by atoms with Gasteiger partial charge in [0.05, 0.1) is 12.3 Å². The van der Waals surface area contributed by atoms with Gasteiger partial charge in [0.15, 0.2) is 5.69 Å². The van der Waals surface area contributed by atoms with Gasteiger partial charge in [-0.1, -0.05) is 5.21 Å². The lowest BCUT2D eigenvalue weighted by Gasteiger charge is -2.03. The molecule has 0 aliphatic heterocycles. The van der Waals surface area contributed by atoms with E-state index >= 15 is 0 Å². The highest BCUT2D eigenvalue weighted by molar-refractivity contribution is 5.88. The Morgan fingerprint density at radius 2 is 2.21 bits per heavy atom. The topological polar surface area (TPSA) is 122 Å². The molecular weight excluding hydrogens is 252 g/mol. The van der Waals surface area contributed by atoms with Gasteiger partial charge in [0, 0.05) is 13.5 Å². The van der Waals surface area contributed by atoms with Crippen LogP contribution in [0, 0.1) is 6.92 Å². The van der Waals surface area contributed by atoms with E-state index in [0.29, 0.717) is 17.5 Å². The van der Waals surface area contributed by atoms with Crippen molar-refractivity contribution in [2.75, 3.05) is 6.61 Å². The fourth-order valence-electron chi connectivity index (χ4n) is 1.55. The Morgan fingerprint density at radius 3 is 2.79 bits per heavy atom. The maximum Gasteiger partial charge on any atom is 0.360 e. The highest BCUT2D eigenvalue weighted by atomic mass is 16.5. The predicted octanol–water partition coefficient (Wildman–Crippen LogP) is -0.347. The summed E-state index contributed by atoms with van der Waals surface area (Å²) in [7, 11) is 0. The molecular formula is C10H14N6O3. The minimum absolute atomic E-state index is 0.105. The zero-order chi connectivity index (χ0) is 13.8. The minimum atomic E-state index is -0.545. The molecule has 0 aromatic carbocycles. The van der Waals surface area contributed by atoms with Crippen molar-refractivity contribution in [1.29, 1.82) is 0 Å². The molecule has 2 aromatic heterocycles. The summed E-state index contributed by atoms with van der Waals surface area (Å²) >= 11 is 0. The molecule has 2 rings (SSSR count). The summed E-state index contributed by atoms with van der Waals surface area (Å²) < 4.78 is 11.6. The Bertz CT molecular complexity index is 576. The second kappa shape index (κ2) is 5.57. The lowest BCUT2D eigenvalue weighted by molar-refractivity contribution is 0.0518. The van der Waals surface area contributed by atoms with E-state index in [-0.39, 0.29) is 25.4 Å². The normalized spacial score (nSPS) is 10.7. The molecule has 0 amide bonds. The third-order valence-electron chi connectivity index (χ3n) is 2.35. The Balaban J connectivity index is 2.24. The summed E-state index contributed by atoms with van der Waals surface area (Å²) in [6.45, 7) is 3.98. The molecule has 0 bridgehead atoms. The van der Waals surface area contributed by atoms with Gasteiger partial charge in [0.1, 0.15) is 6.54 Å². The number of ether oxygens (including phenoxy) is 1. The third-order valence-corrected chi connectivity index (χ3v) is 2.35. The first-order valence-corrected chi connectivity index (χ1v) is 5.74. The molecule has 0 spiro atoms. The van der Waals surface area contributed by atoms with Crippen molar-refractivity contribution in [1.82, 2.24) is 25.2 Å². The van der Waals surface area contributed by atoms with Crippen LogP contribution in [0.2, 0.25) is 0 Å². The van der Waals surface area contributed by atoms with Crippen molar-refractivity contribution in [3.8, 4) is 0 Å². The Hall–Kier alpha value is -2.29. The molecule has 102 valence electrons. The van der Waals surface area contributed by atoms with Crippen LogP contribution in [0.15, 0.2) is 4.42 Å². The molecule has 2 N–H and O–H groups in total. The summed E-state index contributed by atoms with van der Waals surface area (Å²) in [6, 6.07) is 0. The van der Waals surface area contributed by atoms with E-state index in [0.717, 1.165) is 0 Å². The molecule has 0 atom stereocenters.